The summed E-state index contributed by atoms with van der Waals surface area (Å²) in [5.74, 6) is 5.16. The van der Waals surface area contributed by atoms with Gasteiger partial charge in [-0.3, -0.25) is 4.90 Å². The van der Waals surface area contributed by atoms with E-state index in [1.807, 2.05) is 0 Å². The zero-order valence-corrected chi connectivity index (χ0v) is 10.9. The second kappa shape index (κ2) is 7.50. The number of alkyl halides is 3. The lowest BCUT2D eigenvalue weighted by atomic mass is 10.3. The van der Waals surface area contributed by atoms with Crippen LogP contribution in [0, 0.1) is 11.8 Å². The molecule has 0 saturated carbocycles. The van der Waals surface area contributed by atoms with Gasteiger partial charge in [0.2, 0.25) is 0 Å². The van der Waals surface area contributed by atoms with E-state index in [-0.39, 0.29) is 26.3 Å². The van der Waals surface area contributed by atoms with Gasteiger partial charge in [-0.05, 0) is 6.07 Å². The molecular formula is C12H14F3NO2S. The van der Waals surface area contributed by atoms with E-state index in [4.69, 9.17) is 10.2 Å². The van der Waals surface area contributed by atoms with Crippen LogP contribution in [0.5, 0.6) is 0 Å². The molecule has 0 saturated heterocycles. The van der Waals surface area contributed by atoms with Crippen molar-refractivity contribution in [3.05, 3.63) is 21.9 Å². The SMILES string of the molecule is OCC#Cc1csc(CN(CCO)CC(F)(F)F)c1. The Bertz CT molecular complexity index is 448. The Hall–Kier alpha value is -1.07. The molecule has 0 fully saturated rings. The van der Waals surface area contributed by atoms with Crippen LogP contribution in [0.4, 0.5) is 13.2 Å². The first-order valence-electron chi connectivity index (χ1n) is 5.51. The normalized spacial score (nSPS) is 11.5. The Morgan fingerprint density at radius 3 is 2.63 bits per heavy atom. The summed E-state index contributed by atoms with van der Waals surface area (Å²) >= 11 is 1.31. The van der Waals surface area contributed by atoms with Gasteiger partial charge in [0.05, 0.1) is 13.2 Å². The average Bonchev–Trinajstić information content (AvgIpc) is 2.72. The zero-order chi connectivity index (χ0) is 14.3. The molecule has 0 atom stereocenters. The molecule has 1 rings (SSSR count). The lowest BCUT2D eigenvalue weighted by molar-refractivity contribution is -0.147. The molecule has 2 N–H and O–H groups in total. The van der Waals surface area contributed by atoms with E-state index < -0.39 is 12.7 Å². The van der Waals surface area contributed by atoms with E-state index in [1.54, 1.807) is 11.4 Å². The van der Waals surface area contributed by atoms with Gasteiger partial charge < -0.3 is 10.2 Å². The lowest BCUT2D eigenvalue weighted by Crippen LogP contribution is -2.35. The van der Waals surface area contributed by atoms with E-state index in [9.17, 15) is 13.2 Å². The molecule has 1 aromatic rings. The topological polar surface area (TPSA) is 43.7 Å². The summed E-state index contributed by atoms with van der Waals surface area (Å²) in [4.78, 5) is 1.87. The van der Waals surface area contributed by atoms with Crippen molar-refractivity contribution in [1.82, 2.24) is 4.90 Å². The van der Waals surface area contributed by atoms with E-state index in [0.717, 1.165) is 9.78 Å². The highest BCUT2D eigenvalue weighted by Crippen LogP contribution is 2.20. The molecular weight excluding hydrogens is 279 g/mol. The van der Waals surface area contributed by atoms with Crippen LogP contribution in [0.2, 0.25) is 0 Å². The van der Waals surface area contributed by atoms with Gasteiger partial charge in [0.25, 0.3) is 0 Å². The summed E-state index contributed by atoms with van der Waals surface area (Å²) in [7, 11) is 0. The molecule has 0 aromatic carbocycles. The number of thiophene rings is 1. The van der Waals surface area contributed by atoms with Gasteiger partial charge >= 0.3 is 6.18 Å². The maximum Gasteiger partial charge on any atom is 0.401 e. The van der Waals surface area contributed by atoms with Crippen molar-refractivity contribution < 1.29 is 23.4 Å². The fraction of sp³-hybridized carbons (Fsp3) is 0.500. The number of hydrogen-bond donors (Lipinski definition) is 2. The van der Waals surface area contributed by atoms with Crippen molar-refractivity contribution in [2.45, 2.75) is 12.7 Å². The van der Waals surface area contributed by atoms with Crippen molar-refractivity contribution in [3.8, 4) is 11.8 Å². The first-order valence-corrected chi connectivity index (χ1v) is 6.39. The van der Waals surface area contributed by atoms with Gasteiger partial charge in [-0.25, -0.2) is 0 Å². The van der Waals surface area contributed by atoms with Gasteiger partial charge in [-0.1, -0.05) is 11.8 Å². The standard InChI is InChI=1S/C12H14F3NO2S/c13-12(14,15)9-16(3-5-18)7-11-6-10(8-19-11)2-1-4-17/h6,8,17-18H,3-5,7,9H2. The van der Waals surface area contributed by atoms with Crippen LogP contribution < -0.4 is 0 Å². The molecule has 106 valence electrons. The molecule has 0 aliphatic rings. The molecule has 0 spiro atoms. The smallest absolute Gasteiger partial charge is 0.395 e. The summed E-state index contributed by atoms with van der Waals surface area (Å²) in [6.07, 6.45) is -4.29. The van der Waals surface area contributed by atoms with Gasteiger partial charge in [0.1, 0.15) is 6.61 Å². The van der Waals surface area contributed by atoms with Crippen molar-refractivity contribution in [3.63, 3.8) is 0 Å². The number of aliphatic hydroxyl groups is 2. The molecule has 0 unspecified atom stereocenters. The molecule has 3 nitrogen and oxygen atoms in total. The molecule has 0 amide bonds. The van der Waals surface area contributed by atoms with Crippen LogP contribution in [-0.2, 0) is 6.54 Å². The zero-order valence-electron chi connectivity index (χ0n) is 10.1. The van der Waals surface area contributed by atoms with Crippen molar-refractivity contribution in [2.24, 2.45) is 0 Å². The van der Waals surface area contributed by atoms with Gasteiger partial charge in [-0.2, -0.15) is 13.2 Å². The van der Waals surface area contributed by atoms with Crippen molar-refractivity contribution in [2.75, 3.05) is 26.3 Å². The Kier molecular flexibility index (Phi) is 6.31. The summed E-state index contributed by atoms with van der Waals surface area (Å²) in [6.45, 7) is -1.54. The predicted molar refractivity (Wildman–Crippen MR) is 66.7 cm³/mol. The van der Waals surface area contributed by atoms with E-state index in [1.165, 1.54) is 11.3 Å². The Labute approximate surface area is 113 Å². The van der Waals surface area contributed by atoms with Crippen LogP contribution in [-0.4, -0.2) is 47.6 Å². The van der Waals surface area contributed by atoms with E-state index in [2.05, 4.69) is 11.8 Å². The largest absolute Gasteiger partial charge is 0.401 e. The highest BCUT2D eigenvalue weighted by Gasteiger charge is 2.30. The molecule has 1 heterocycles. The number of hydrogen-bond acceptors (Lipinski definition) is 4. The first-order chi connectivity index (χ1) is 8.94. The highest BCUT2D eigenvalue weighted by atomic mass is 32.1. The quantitative estimate of drug-likeness (QED) is 0.808. The maximum absolute atomic E-state index is 12.3. The second-order valence-corrected chi connectivity index (χ2v) is 4.81. The van der Waals surface area contributed by atoms with E-state index >= 15 is 0 Å². The van der Waals surface area contributed by atoms with Gasteiger partial charge in [-0.15, -0.1) is 11.3 Å². The van der Waals surface area contributed by atoms with Crippen LogP contribution >= 0.6 is 11.3 Å². The van der Waals surface area contributed by atoms with Crippen LogP contribution in [0.1, 0.15) is 10.4 Å². The fourth-order valence-electron chi connectivity index (χ4n) is 1.50. The molecule has 0 aliphatic carbocycles. The second-order valence-electron chi connectivity index (χ2n) is 3.81. The molecule has 19 heavy (non-hydrogen) atoms. The number of rotatable bonds is 5. The summed E-state index contributed by atoms with van der Waals surface area (Å²) in [5, 5.41) is 19.0. The average molecular weight is 293 g/mol. The van der Waals surface area contributed by atoms with Crippen molar-refractivity contribution in [1.29, 1.82) is 0 Å². The Morgan fingerprint density at radius 2 is 2.05 bits per heavy atom. The van der Waals surface area contributed by atoms with Gasteiger partial charge in [0.15, 0.2) is 0 Å². The monoisotopic (exact) mass is 293 g/mol. The fourth-order valence-corrected chi connectivity index (χ4v) is 2.36. The van der Waals surface area contributed by atoms with E-state index in [0.29, 0.717) is 5.56 Å². The predicted octanol–water partition coefficient (Wildman–Crippen LogP) is 1.45. The Morgan fingerprint density at radius 1 is 1.32 bits per heavy atom. The maximum atomic E-state index is 12.3. The van der Waals surface area contributed by atoms with Crippen molar-refractivity contribution >= 4 is 11.3 Å². The lowest BCUT2D eigenvalue weighted by Gasteiger charge is -2.21. The number of nitrogens with zero attached hydrogens (tertiary/aromatic N) is 1. The third-order valence-corrected chi connectivity index (χ3v) is 3.09. The summed E-state index contributed by atoms with van der Waals surface area (Å²) in [5.41, 5.74) is 0.671. The summed E-state index contributed by atoms with van der Waals surface area (Å²) < 4.78 is 37.0. The van der Waals surface area contributed by atoms with Crippen LogP contribution in [0.15, 0.2) is 11.4 Å². The third kappa shape index (κ3) is 6.59. The van der Waals surface area contributed by atoms with Crippen LogP contribution in [0.3, 0.4) is 0 Å². The molecule has 1 aromatic heterocycles. The Balaban J connectivity index is 2.65. The van der Waals surface area contributed by atoms with Gasteiger partial charge in [0, 0.05) is 28.9 Å². The minimum absolute atomic E-state index is 0.0327. The number of aliphatic hydroxyl groups excluding tert-OH is 2. The molecule has 0 bridgehead atoms. The van der Waals surface area contributed by atoms with Crippen LogP contribution in [0.25, 0.3) is 0 Å². The highest BCUT2D eigenvalue weighted by molar-refractivity contribution is 7.10. The minimum Gasteiger partial charge on any atom is -0.395 e. The molecule has 0 aliphatic heterocycles. The minimum atomic E-state index is -4.29. The third-order valence-electron chi connectivity index (χ3n) is 2.16. The first kappa shape index (κ1) is 16.0. The molecule has 0 radical (unpaired) electrons. The molecule has 7 heteroatoms. The number of halogens is 3. The summed E-state index contributed by atoms with van der Waals surface area (Å²) in [6, 6.07) is 1.69.